The van der Waals surface area contributed by atoms with Crippen molar-refractivity contribution in [2.24, 2.45) is 0 Å². The highest BCUT2D eigenvalue weighted by Crippen LogP contribution is 2.17. The maximum Gasteiger partial charge on any atom is 0.0690 e. The lowest BCUT2D eigenvalue weighted by Gasteiger charge is -2.35. The molecule has 1 aromatic heterocycles. The van der Waals surface area contributed by atoms with Gasteiger partial charge in [-0.25, -0.2) is 4.68 Å². The molecule has 2 heterocycles. The molecular formula is C18H24N4. The second kappa shape index (κ2) is 6.90. The van der Waals surface area contributed by atoms with Crippen molar-refractivity contribution in [3.8, 4) is 5.69 Å². The number of nitrogens with zero attached hydrogens (tertiary/aromatic N) is 4. The molecule has 0 bridgehead atoms. The van der Waals surface area contributed by atoms with E-state index in [2.05, 4.69) is 52.7 Å². The first-order valence-electron chi connectivity index (χ1n) is 7.89. The Kier molecular flexibility index (Phi) is 4.71. The van der Waals surface area contributed by atoms with Gasteiger partial charge < -0.3 is 0 Å². The largest absolute Gasteiger partial charge is 0.297 e. The maximum atomic E-state index is 4.37. The van der Waals surface area contributed by atoms with Crippen molar-refractivity contribution in [1.29, 1.82) is 0 Å². The molecule has 2 aromatic rings. The molecule has 1 aromatic carbocycles. The average molecular weight is 296 g/mol. The van der Waals surface area contributed by atoms with Crippen LogP contribution in [0.2, 0.25) is 0 Å². The van der Waals surface area contributed by atoms with Gasteiger partial charge in [-0.1, -0.05) is 30.4 Å². The summed E-state index contributed by atoms with van der Waals surface area (Å²) in [5.74, 6) is 0. The Balaban J connectivity index is 1.64. The molecule has 0 radical (unpaired) electrons. The highest BCUT2D eigenvalue weighted by molar-refractivity contribution is 5.40. The van der Waals surface area contributed by atoms with E-state index in [1.54, 1.807) is 0 Å². The van der Waals surface area contributed by atoms with E-state index in [-0.39, 0.29) is 0 Å². The summed E-state index contributed by atoms with van der Waals surface area (Å²) in [7, 11) is 0. The molecule has 1 fully saturated rings. The highest BCUT2D eigenvalue weighted by Gasteiger charge is 2.17. The summed E-state index contributed by atoms with van der Waals surface area (Å²) in [4.78, 5) is 5.01. The summed E-state index contributed by atoms with van der Waals surface area (Å²) >= 11 is 0. The number of para-hydroxylation sites is 1. The molecule has 116 valence electrons. The molecule has 0 saturated carbocycles. The van der Waals surface area contributed by atoms with E-state index in [0.717, 1.165) is 39.3 Å². The fourth-order valence-corrected chi connectivity index (χ4v) is 3.01. The standard InChI is InChI=1S/C18H24N4/c1-16(2)14-20-10-12-21(13-11-20)15-17-6-3-4-7-18(17)22-9-5-8-19-22/h3-9H,1,10-15H2,2H3. The molecule has 0 unspecified atom stereocenters. The van der Waals surface area contributed by atoms with Gasteiger partial charge in [0, 0.05) is 51.7 Å². The predicted molar refractivity (Wildman–Crippen MR) is 90.1 cm³/mol. The van der Waals surface area contributed by atoms with Crippen LogP contribution in [0.1, 0.15) is 12.5 Å². The van der Waals surface area contributed by atoms with Crippen LogP contribution in [0.3, 0.4) is 0 Å². The molecule has 0 N–H and O–H groups in total. The van der Waals surface area contributed by atoms with E-state index in [4.69, 9.17) is 0 Å². The van der Waals surface area contributed by atoms with Crippen LogP contribution in [0.4, 0.5) is 0 Å². The SMILES string of the molecule is C=C(C)CN1CCN(Cc2ccccc2-n2cccn2)CC1. The van der Waals surface area contributed by atoms with Gasteiger partial charge in [0.1, 0.15) is 0 Å². The van der Waals surface area contributed by atoms with Crippen LogP contribution in [0.5, 0.6) is 0 Å². The molecule has 0 amide bonds. The van der Waals surface area contributed by atoms with Crippen LogP contribution in [0, 0.1) is 0 Å². The zero-order valence-electron chi connectivity index (χ0n) is 13.3. The van der Waals surface area contributed by atoms with Crippen LogP contribution in [-0.4, -0.2) is 52.3 Å². The molecule has 1 aliphatic rings. The van der Waals surface area contributed by atoms with E-state index in [1.165, 1.54) is 16.8 Å². The number of aromatic nitrogens is 2. The topological polar surface area (TPSA) is 24.3 Å². The molecule has 4 heteroatoms. The summed E-state index contributed by atoms with van der Waals surface area (Å²) in [5, 5.41) is 4.37. The molecule has 0 aliphatic carbocycles. The van der Waals surface area contributed by atoms with Crippen LogP contribution in [-0.2, 0) is 6.54 Å². The minimum atomic E-state index is 0.983. The third-order valence-corrected chi connectivity index (χ3v) is 4.10. The third-order valence-electron chi connectivity index (χ3n) is 4.10. The Labute approximate surface area is 132 Å². The molecule has 22 heavy (non-hydrogen) atoms. The molecule has 0 spiro atoms. The predicted octanol–water partition coefficient (Wildman–Crippen LogP) is 2.57. The number of hydrogen-bond acceptors (Lipinski definition) is 3. The van der Waals surface area contributed by atoms with E-state index >= 15 is 0 Å². The van der Waals surface area contributed by atoms with Crippen molar-refractivity contribution >= 4 is 0 Å². The number of benzene rings is 1. The molecule has 3 rings (SSSR count). The van der Waals surface area contributed by atoms with Crippen molar-refractivity contribution in [2.75, 3.05) is 32.7 Å². The maximum absolute atomic E-state index is 4.37. The van der Waals surface area contributed by atoms with Gasteiger partial charge in [0.2, 0.25) is 0 Å². The molecule has 1 aliphatic heterocycles. The van der Waals surface area contributed by atoms with Crippen molar-refractivity contribution < 1.29 is 0 Å². The van der Waals surface area contributed by atoms with Crippen molar-refractivity contribution in [1.82, 2.24) is 19.6 Å². The Morgan fingerprint density at radius 2 is 1.82 bits per heavy atom. The lowest BCUT2D eigenvalue weighted by Crippen LogP contribution is -2.46. The Hall–Kier alpha value is -1.91. The van der Waals surface area contributed by atoms with Gasteiger partial charge in [-0.15, -0.1) is 0 Å². The van der Waals surface area contributed by atoms with Gasteiger partial charge in [0.05, 0.1) is 5.69 Å². The number of hydrogen-bond donors (Lipinski definition) is 0. The zero-order chi connectivity index (χ0) is 15.4. The van der Waals surface area contributed by atoms with Gasteiger partial charge in [0.15, 0.2) is 0 Å². The fraction of sp³-hybridized carbons (Fsp3) is 0.389. The van der Waals surface area contributed by atoms with Crippen LogP contribution in [0.15, 0.2) is 54.9 Å². The lowest BCUT2D eigenvalue weighted by atomic mass is 10.1. The summed E-state index contributed by atoms with van der Waals surface area (Å²) in [6, 6.07) is 10.5. The second-order valence-electron chi connectivity index (χ2n) is 6.09. The Morgan fingerprint density at radius 3 is 2.50 bits per heavy atom. The van der Waals surface area contributed by atoms with E-state index < -0.39 is 0 Å². The van der Waals surface area contributed by atoms with Gasteiger partial charge >= 0.3 is 0 Å². The Morgan fingerprint density at radius 1 is 1.09 bits per heavy atom. The van der Waals surface area contributed by atoms with E-state index in [0.29, 0.717) is 0 Å². The molecule has 0 atom stereocenters. The normalized spacial score (nSPS) is 16.8. The average Bonchev–Trinajstić information content (AvgIpc) is 3.03. The third kappa shape index (κ3) is 3.64. The molecule has 1 saturated heterocycles. The van der Waals surface area contributed by atoms with Crippen molar-refractivity contribution in [3.05, 3.63) is 60.4 Å². The van der Waals surface area contributed by atoms with Crippen molar-refractivity contribution in [2.45, 2.75) is 13.5 Å². The zero-order valence-corrected chi connectivity index (χ0v) is 13.3. The van der Waals surface area contributed by atoms with Gasteiger partial charge in [-0.2, -0.15) is 5.10 Å². The Bertz CT molecular complexity index is 610. The van der Waals surface area contributed by atoms with Crippen LogP contribution < -0.4 is 0 Å². The summed E-state index contributed by atoms with van der Waals surface area (Å²) in [6.07, 6.45) is 3.83. The highest BCUT2D eigenvalue weighted by atomic mass is 15.3. The van der Waals surface area contributed by atoms with Gasteiger partial charge in [-0.05, 0) is 24.6 Å². The smallest absolute Gasteiger partial charge is 0.0690 e. The van der Waals surface area contributed by atoms with Crippen LogP contribution in [0.25, 0.3) is 5.69 Å². The second-order valence-corrected chi connectivity index (χ2v) is 6.09. The lowest BCUT2D eigenvalue weighted by molar-refractivity contribution is 0.135. The summed E-state index contributed by atoms with van der Waals surface area (Å²) in [6.45, 7) is 12.6. The quantitative estimate of drug-likeness (QED) is 0.793. The van der Waals surface area contributed by atoms with E-state index in [9.17, 15) is 0 Å². The molecule has 4 nitrogen and oxygen atoms in total. The summed E-state index contributed by atoms with van der Waals surface area (Å²) in [5.41, 5.74) is 3.76. The fourth-order valence-electron chi connectivity index (χ4n) is 3.01. The number of rotatable bonds is 5. The van der Waals surface area contributed by atoms with Crippen LogP contribution >= 0.6 is 0 Å². The van der Waals surface area contributed by atoms with Crippen molar-refractivity contribution in [3.63, 3.8) is 0 Å². The summed E-state index contributed by atoms with van der Waals surface area (Å²) < 4.78 is 1.95. The van der Waals surface area contributed by atoms with E-state index in [1.807, 2.05) is 23.1 Å². The minimum absolute atomic E-state index is 0.983. The molecular weight excluding hydrogens is 272 g/mol. The van der Waals surface area contributed by atoms with Gasteiger partial charge in [0.25, 0.3) is 0 Å². The first-order valence-corrected chi connectivity index (χ1v) is 7.89. The first kappa shape index (κ1) is 15.0. The first-order chi connectivity index (χ1) is 10.7. The number of piperazine rings is 1. The van der Waals surface area contributed by atoms with Gasteiger partial charge in [-0.3, -0.25) is 9.80 Å². The minimum Gasteiger partial charge on any atom is -0.297 e. The monoisotopic (exact) mass is 296 g/mol.